The second kappa shape index (κ2) is 10.8. The number of halogens is 1. The molecule has 0 spiro atoms. The lowest BCUT2D eigenvalue weighted by atomic mass is 10.0. The number of amidine groups is 1. The number of anilines is 2. The zero-order valence-corrected chi connectivity index (χ0v) is 22.0. The lowest BCUT2D eigenvalue weighted by molar-refractivity contribution is 0.0993. The van der Waals surface area contributed by atoms with Crippen LogP contribution in [0.4, 0.5) is 11.6 Å². The third kappa shape index (κ3) is 5.63. The maximum atomic E-state index is 12.9. The lowest BCUT2D eigenvalue weighted by Gasteiger charge is -2.32. The summed E-state index contributed by atoms with van der Waals surface area (Å²) in [6, 6.07) is 15.6. The van der Waals surface area contributed by atoms with Crippen molar-refractivity contribution in [2.45, 2.75) is 43.2 Å². The first-order valence-electron chi connectivity index (χ1n) is 12.2. The maximum absolute atomic E-state index is 12.9. The van der Waals surface area contributed by atoms with Gasteiger partial charge in [-0.1, -0.05) is 42.8 Å². The molecule has 184 valence electrons. The van der Waals surface area contributed by atoms with Crippen molar-refractivity contribution in [1.82, 2.24) is 9.97 Å². The van der Waals surface area contributed by atoms with Crippen LogP contribution < -0.4 is 10.2 Å². The molecule has 2 aliphatic heterocycles. The molecule has 0 radical (unpaired) electrons. The molecule has 0 saturated carbocycles. The van der Waals surface area contributed by atoms with Crippen molar-refractivity contribution in [3.05, 3.63) is 81.9 Å². The van der Waals surface area contributed by atoms with Crippen LogP contribution in [0.25, 0.3) is 0 Å². The fraction of sp³-hybridized carbons (Fsp3) is 0.286. The molecule has 2 aromatic carbocycles. The van der Waals surface area contributed by atoms with E-state index in [9.17, 15) is 4.79 Å². The number of Topliss-reactive ketones (excluding diaryl/α,β-unsaturated/α-hetero) is 1. The zero-order chi connectivity index (χ0) is 25.1. The summed E-state index contributed by atoms with van der Waals surface area (Å²) in [6.07, 6.45) is 4.33. The zero-order valence-electron chi connectivity index (χ0n) is 20.4. The van der Waals surface area contributed by atoms with E-state index in [1.807, 2.05) is 55.5 Å². The van der Waals surface area contributed by atoms with E-state index in [2.05, 4.69) is 22.1 Å². The van der Waals surface area contributed by atoms with Crippen LogP contribution in [0.5, 0.6) is 0 Å². The van der Waals surface area contributed by atoms with E-state index in [4.69, 9.17) is 21.6 Å². The standard InChI is InChI=1S/C28H28ClN5OS/c1-3-20-6-4-7-22(27(20)29)23(35)15-19-8-10-21(11-9-19)36-28-32-25(31-24-14-18(2)17-30-24)16-26(33-28)34-12-5-13-34/h4,6-11,14,16H,3,5,12-13,15,17H2,1-2H3,(H,30,31,32,33). The van der Waals surface area contributed by atoms with E-state index in [-0.39, 0.29) is 5.78 Å². The molecule has 0 aliphatic carbocycles. The van der Waals surface area contributed by atoms with E-state index in [0.29, 0.717) is 22.2 Å². The molecule has 0 unspecified atom stereocenters. The Labute approximate surface area is 220 Å². The predicted octanol–water partition coefficient (Wildman–Crippen LogP) is 6.25. The van der Waals surface area contributed by atoms with Gasteiger partial charge in [0, 0.05) is 36.0 Å². The monoisotopic (exact) mass is 517 g/mol. The third-order valence-corrected chi connectivity index (χ3v) is 7.59. The Bertz CT molecular complexity index is 1350. The SMILES string of the molecule is CCc1cccc(C(=O)Cc2ccc(Sc3nc(NC4=NCC(C)=C4)cc(N4CCC4)n3)cc2)c1Cl. The first kappa shape index (κ1) is 24.5. The van der Waals surface area contributed by atoms with Crippen molar-refractivity contribution in [2.75, 3.05) is 29.9 Å². The summed E-state index contributed by atoms with van der Waals surface area (Å²) in [4.78, 5) is 30.2. The summed E-state index contributed by atoms with van der Waals surface area (Å²) in [5.74, 6) is 2.52. The highest BCUT2D eigenvalue weighted by molar-refractivity contribution is 7.99. The Hall–Kier alpha value is -3.16. The highest BCUT2D eigenvalue weighted by Gasteiger charge is 2.19. The molecule has 1 fully saturated rings. The summed E-state index contributed by atoms with van der Waals surface area (Å²) >= 11 is 7.96. The molecule has 5 rings (SSSR count). The van der Waals surface area contributed by atoms with Gasteiger partial charge in [-0.2, -0.15) is 0 Å². The van der Waals surface area contributed by atoms with E-state index in [1.165, 1.54) is 23.8 Å². The number of aromatic nitrogens is 2. The van der Waals surface area contributed by atoms with Gasteiger partial charge in [0.05, 0.1) is 11.6 Å². The van der Waals surface area contributed by atoms with Crippen molar-refractivity contribution in [3.63, 3.8) is 0 Å². The number of nitrogens with one attached hydrogen (secondary N) is 1. The highest BCUT2D eigenvalue weighted by atomic mass is 35.5. The van der Waals surface area contributed by atoms with Gasteiger partial charge in [-0.25, -0.2) is 9.97 Å². The molecule has 0 amide bonds. The summed E-state index contributed by atoms with van der Waals surface area (Å²) in [7, 11) is 0. The van der Waals surface area contributed by atoms with Crippen LogP contribution in [-0.4, -0.2) is 41.2 Å². The number of nitrogens with zero attached hydrogens (tertiary/aromatic N) is 4. The van der Waals surface area contributed by atoms with Gasteiger partial charge in [0.15, 0.2) is 10.9 Å². The molecule has 2 aliphatic rings. The minimum Gasteiger partial charge on any atom is -0.356 e. The first-order valence-corrected chi connectivity index (χ1v) is 13.4. The van der Waals surface area contributed by atoms with Crippen molar-refractivity contribution in [1.29, 1.82) is 0 Å². The van der Waals surface area contributed by atoms with Gasteiger partial charge in [-0.05, 0) is 72.5 Å². The molecule has 1 N–H and O–H groups in total. The smallest absolute Gasteiger partial charge is 0.196 e. The van der Waals surface area contributed by atoms with Crippen LogP contribution >= 0.6 is 23.4 Å². The fourth-order valence-corrected chi connectivity index (χ4v) is 5.23. The Morgan fingerprint density at radius 2 is 1.94 bits per heavy atom. The topological polar surface area (TPSA) is 70.5 Å². The molecule has 1 saturated heterocycles. The van der Waals surface area contributed by atoms with Crippen molar-refractivity contribution >= 4 is 46.6 Å². The predicted molar refractivity (Wildman–Crippen MR) is 148 cm³/mol. The van der Waals surface area contributed by atoms with Gasteiger partial charge in [0.2, 0.25) is 0 Å². The van der Waals surface area contributed by atoms with Crippen molar-refractivity contribution in [2.24, 2.45) is 4.99 Å². The summed E-state index contributed by atoms with van der Waals surface area (Å²) in [5, 5.41) is 4.57. The minimum atomic E-state index is 0.0242. The van der Waals surface area contributed by atoms with E-state index >= 15 is 0 Å². The maximum Gasteiger partial charge on any atom is 0.196 e. The highest BCUT2D eigenvalue weighted by Crippen LogP contribution is 2.30. The van der Waals surface area contributed by atoms with Crippen LogP contribution in [0, 0.1) is 0 Å². The fourth-order valence-electron chi connectivity index (χ4n) is 4.10. The number of ketones is 1. The molecule has 1 aromatic heterocycles. The molecular formula is C28H28ClN5OS. The van der Waals surface area contributed by atoms with E-state index in [0.717, 1.165) is 59.5 Å². The number of hydrogen-bond acceptors (Lipinski definition) is 7. The van der Waals surface area contributed by atoms with Gasteiger partial charge in [0.25, 0.3) is 0 Å². The van der Waals surface area contributed by atoms with Gasteiger partial charge in [0.1, 0.15) is 17.5 Å². The second-order valence-corrected chi connectivity index (χ2v) is 10.4. The number of aryl methyl sites for hydroxylation is 1. The quantitative estimate of drug-likeness (QED) is 0.281. The number of carbonyl (C=O) groups is 1. The number of rotatable bonds is 8. The van der Waals surface area contributed by atoms with Gasteiger partial charge in [-0.3, -0.25) is 9.79 Å². The van der Waals surface area contributed by atoms with Crippen LogP contribution in [0.3, 0.4) is 0 Å². The second-order valence-electron chi connectivity index (χ2n) is 9.03. The molecule has 0 bridgehead atoms. The lowest BCUT2D eigenvalue weighted by Crippen LogP contribution is -2.37. The number of aliphatic imine (C=N–C) groups is 1. The van der Waals surface area contributed by atoms with Crippen LogP contribution in [0.2, 0.25) is 5.02 Å². The summed E-state index contributed by atoms with van der Waals surface area (Å²) in [6.45, 7) is 6.84. The molecule has 0 atom stereocenters. The number of benzene rings is 2. The Morgan fingerprint density at radius 3 is 2.61 bits per heavy atom. The van der Waals surface area contributed by atoms with Crippen molar-refractivity contribution in [3.8, 4) is 0 Å². The van der Waals surface area contributed by atoms with E-state index < -0.39 is 0 Å². The van der Waals surface area contributed by atoms with Crippen LogP contribution in [0.15, 0.2) is 75.2 Å². The molecule has 3 heterocycles. The van der Waals surface area contributed by atoms with Gasteiger partial charge < -0.3 is 10.2 Å². The Morgan fingerprint density at radius 1 is 1.14 bits per heavy atom. The first-order chi connectivity index (χ1) is 17.5. The van der Waals surface area contributed by atoms with Crippen LogP contribution in [-0.2, 0) is 12.8 Å². The largest absolute Gasteiger partial charge is 0.356 e. The average molecular weight is 518 g/mol. The summed E-state index contributed by atoms with van der Waals surface area (Å²) < 4.78 is 0. The van der Waals surface area contributed by atoms with Gasteiger partial charge in [-0.15, -0.1) is 0 Å². The van der Waals surface area contributed by atoms with Gasteiger partial charge >= 0.3 is 0 Å². The van der Waals surface area contributed by atoms with E-state index in [1.54, 1.807) is 6.07 Å². The molecular weight excluding hydrogens is 490 g/mol. The van der Waals surface area contributed by atoms with Crippen molar-refractivity contribution < 1.29 is 4.79 Å². The molecule has 8 heteroatoms. The average Bonchev–Trinajstić information content (AvgIpc) is 3.23. The Balaban J connectivity index is 1.30. The number of hydrogen-bond donors (Lipinski definition) is 1. The normalized spacial score (nSPS) is 14.8. The molecule has 3 aromatic rings. The molecule has 6 nitrogen and oxygen atoms in total. The third-order valence-electron chi connectivity index (χ3n) is 6.27. The van der Waals surface area contributed by atoms with Crippen LogP contribution in [0.1, 0.15) is 41.8 Å². The summed E-state index contributed by atoms with van der Waals surface area (Å²) in [5.41, 5.74) is 3.75. The molecule has 36 heavy (non-hydrogen) atoms. The Kier molecular flexibility index (Phi) is 7.39. The minimum absolute atomic E-state index is 0.0242. The number of carbonyl (C=O) groups excluding carboxylic acids is 1.